The van der Waals surface area contributed by atoms with Crippen LogP contribution in [0, 0.1) is 0 Å². The Bertz CT molecular complexity index is 449. The molecule has 1 unspecified atom stereocenters. The van der Waals surface area contributed by atoms with Crippen molar-refractivity contribution < 1.29 is 19.4 Å². The van der Waals surface area contributed by atoms with E-state index in [-0.39, 0.29) is 0 Å². The first-order valence-electron chi connectivity index (χ1n) is 4.96. The van der Waals surface area contributed by atoms with Crippen LogP contribution in [-0.2, 0) is 4.74 Å². The summed E-state index contributed by atoms with van der Waals surface area (Å²) >= 11 is 2.15. The van der Waals surface area contributed by atoms with Crippen LogP contribution in [0.2, 0.25) is 0 Å². The SMILES string of the molecule is COC(=O)S[N+](C)(C(=O)O)c1ccc(SC)cc1. The van der Waals surface area contributed by atoms with Crippen LogP contribution in [0.15, 0.2) is 29.2 Å². The molecular weight excluding hydrogens is 274 g/mol. The summed E-state index contributed by atoms with van der Waals surface area (Å²) in [5.41, 5.74) is 0.496. The molecule has 0 aromatic heterocycles. The van der Waals surface area contributed by atoms with Gasteiger partial charge < -0.3 is 9.84 Å². The molecule has 1 N–H and O–H groups in total. The predicted octanol–water partition coefficient (Wildman–Crippen LogP) is 3.44. The Hall–Kier alpha value is -1.18. The molecule has 0 radical (unpaired) electrons. The molecule has 18 heavy (non-hydrogen) atoms. The van der Waals surface area contributed by atoms with Crippen LogP contribution >= 0.6 is 23.7 Å². The summed E-state index contributed by atoms with van der Waals surface area (Å²) in [6.07, 6.45) is 0.797. The lowest BCUT2D eigenvalue weighted by molar-refractivity contribution is 0.178. The van der Waals surface area contributed by atoms with E-state index < -0.39 is 15.3 Å². The Morgan fingerprint density at radius 3 is 2.22 bits per heavy atom. The molecule has 0 spiro atoms. The van der Waals surface area contributed by atoms with Gasteiger partial charge in [-0.3, -0.25) is 0 Å². The Balaban J connectivity index is 3.10. The van der Waals surface area contributed by atoms with Crippen molar-refractivity contribution in [2.24, 2.45) is 0 Å². The summed E-state index contributed by atoms with van der Waals surface area (Å²) in [5.74, 6) is 0. The van der Waals surface area contributed by atoms with E-state index in [1.807, 2.05) is 18.4 Å². The van der Waals surface area contributed by atoms with Crippen molar-refractivity contribution in [1.82, 2.24) is 3.89 Å². The monoisotopic (exact) mass is 288 g/mol. The predicted molar refractivity (Wildman–Crippen MR) is 74.0 cm³/mol. The molecule has 98 valence electrons. The second-order valence-electron chi connectivity index (χ2n) is 3.45. The molecule has 0 saturated carbocycles. The normalized spacial score (nSPS) is 13.7. The zero-order valence-corrected chi connectivity index (χ0v) is 11.9. The molecule has 0 fully saturated rings. The number of amides is 1. The molecular formula is C11H14NO4S2+. The molecule has 0 saturated heterocycles. The minimum Gasteiger partial charge on any atom is -0.457 e. The van der Waals surface area contributed by atoms with Gasteiger partial charge in [-0.15, -0.1) is 15.7 Å². The van der Waals surface area contributed by atoms with Crippen molar-refractivity contribution in [2.75, 3.05) is 20.4 Å². The fourth-order valence-corrected chi connectivity index (χ4v) is 2.34. The number of carboxylic acid groups (broad SMARTS) is 1. The summed E-state index contributed by atoms with van der Waals surface area (Å²) in [6.45, 7) is 0. The second kappa shape index (κ2) is 6.12. The largest absolute Gasteiger partial charge is 0.531 e. The van der Waals surface area contributed by atoms with Crippen LogP contribution in [0.3, 0.4) is 0 Å². The molecule has 1 aromatic rings. The van der Waals surface area contributed by atoms with Gasteiger partial charge in [0.15, 0.2) is 5.69 Å². The van der Waals surface area contributed by atoms with E-state index in [0.29, 0.717) is 17.6 Å². The summed E-state index contributed by atoms with van der Waals surface area (Å²) in [5, 5.41) is 8.65. The van der Waals surface area contributed by atoms with Crippen molar-refractivity contribution in [3.63, 3.8) is 0 Å². The molecule has 1 aromatic carbocycles. The summed E-state index contributed by atoms with van der Waals surface area (Å²) < 4.78 is 3.89. The van der Waals surface area contributed by atoms with Gasteiger partial charge in [-0.05, 0) is 18.4 Å². The van der Waals surface area contributed by atoms with Crippen LogP contribution in [0.25, 0.3) is 0 Å². The molecule has 1 atom stereocenters. The Labute approximate surface area is 114 Å². The Kier molecular flexibility index (Phi) is 5.06. The second-order valence-corrected chi connectivity index (χ2v) is 5.58. The van der Waals surface area contributed by atoms with Crippen LogP contribution in [0.4, 0.5) is 15.3 Å². The van der Waals surface area contributed by atoms with Crippen LogP contribution in [0.1, 0.15) is 0 Å². The first kappa shape index (κ1) is 14.9. The van der Waals surface area contributed by atoms with Crippen molar-refractivity contribution in [3.05, 3.63) is 24.3 Å². The van der Waals surface area contributed by atoms with Gasteiger partial charge >= 0.3 is 11.4 Å². The van der Waals surface area contributed by atoms with Gasteiger partial charge in [0.2, 0.25) is 11.9 Å². The van der Waals surface area contributed by atoms with Gasteiger partial charge in [0.25, 0.3) is 0 Å². The number of hydrogen-bond acceptors (Lipinski definition) is 5. The highest BCUT2D eigenvalue weighted by Crippen LogP contribution is 2.33. The lowest BCUT2D eigenvalue weighted by Crippen LogP contribution is -2.43. The number of nitrogens with zero attached hydrogens (tertiary/aromatic N) is 1. The summed E-state index contributed by atoms with van der Waals surface area (Å²) in [7, 11) is 2.65. The maximum absolute atomic E-state index is 11.4. The fourth-order valence-electron chi connectivity index (χ4n) is 1.26. The summed E-state index contributed by atoms with van der Waals surface area (Å²) in [4.78, 5) is 23.7. The topological polar surface area (TPSA) is 63.6 Å². The van der Waals surface area contributed by atoms with Crippen LogP contribution in [0.5, 0.6) is 0 Å². The number of carbonyl (C=O) groups is 2. The third kappa shape index (κ3) is 3.18. The third-order valence-corrected chi connectivity index (χ3v) is 4.15. The Morgan fingerprint density at radius 2 is 1.83 bits per heavy atom. The number of quaternary nitrogens is 1. The standard InChI is InChI=1S/C11H13NO4S2/c1-12(10(13)14,18-11(15)16-2)8-4-6-9(17-3)7-5-8/h4-7H,1-3H3/p+1. The zero-order valence-electron chi connectivity index (χ0n) is 10.2. The number of rotatable bonds is 2. The lowest BCUT2D eigenvalue weighted by atomic mass is 10.3. The number of hydrogen-bond donors (Lipinski definition) is 1. The first-order chi connectivity index (χ1) is 8.43. The highest BCUT2D eigenvalue weighted by molar-refractivity contribution is 8.13. The minimum absolute atomic E-state index is 0.496. The van der Waals surface area contributed by atoms with Crippen molar-refractivity contribution in [2.45, 2.75) is 4.90 Å². The number of methoxy groups -OCH3 is 1. The minimum atomic E-state index is -1.14. The molecule has 0 aliphatic rings. The van der Waals surface area contributed by atoms with Crippen molar-refractivity contribution >= 4 is 40.8 Å². The van der Waals surface area contributed by atoms with E-state index >= 15 is 0 Å². The van der Waals surface area contributed by atoms with Crippen LogP contribution < -0.4 is 3.89 Å². The van der Waals surface area contributed by atoms with E-state index in [1.165, 1.54) is 14.2 Å². The van der Waals surface area contributed by atoms with Gasteiger partial charge in [-0.25, -0.2) is 4.79 Å². The van der Waals surface area contributed by atoms with E-state index in [0.717, 1.165) is 4.90 Å². The van der Waals surface area contributed by atoms with E-state index in [2.05, 4.69) is 4.74 Å². The molecule has 7 heteroatoms. The van der Waals surface area contributed by atoms with Gasteiger partial charge in [-0.2, -0.15) is 4.79 Å². The van der Waals surface area contributed by atoms with Gasteiger partial charge in [0.05, 0.1) is 14.2 Å². The average molecular weight is 288 g/mol. The maximum atomic E-state index is 11.4. The molecule has 0 aliphatic heterocycles. The first-order valence-corrected chi connectivity index (χ1v) is 6.96. The molecule has 0 aliphatic carbocycles. The van der Waals surface area contributed by atoms with Crippen LogP contribution in [-0.4, -0.2) is 36.9 Å². The smallest absolute Gasteiger partial charge is 0.457 e. The maximum Gasteiger partial charge on any atom is 0.531 e. The molecule has 1 amide bonds. The third-order valence-electron chi connectivity index (χ3n) is 2.35. The van der Waals surface area contributed by atoms with E-state index in [4.69, 9.17) is 0 Å². The van der Waals surface area contributed by atoms with Crippen molar-refractivity contribution in [1.29, 1.82) is 0 Å². The van der Waals surface area contributed by atoms with E-state index in [9.17, 15) is 14.7 Å². The number of thioether (sulfide) groups is 1. The molecule has 0 bridgehead atoms. The Morgan fingerprint density at radius 1 is 1.28 bits per heavy atom. The quantitative estimate of drug-likeness (QED) is 0.389. The highest BCUT2D eigenvalue weighted by atomic mass is 32.2. The highest BCUT2D eigenvalue weighted by Gasteiger charge is 2.40. The van der Waals surface area contributed by atoms with Gasteiger partial charge in [-0.1, -0.05) is 0 Å². The zero-order chi connectivity index (χ0) is 13.8. The molecule has 1 rings (SSSR count). The molecule has 0 heterocycles. The number of carbonyl (C=O) groups excluding carboxylic acids is 1. The lowest BCUT2D eigenvalue weighted by Gasteiger charge is -2.23. The van der Waals surface area contributed by atoms with Gasteiger partial charge in [0.1, 0.15) is 0 Å². The van der Waals surface area contributed by atoms with Gasteiger partial charge in [0, 0.05) is 17.0 Å². The average Bonchev–Trinajstić information content (AvgIpc) is 2.38. The van der Waals surface area contributed by atoms with E-state index in [1.54, 1.807) is 23.9 Å². The van der Waals surface area contributed by atoms with Crippen molar-refractivity contribution in [3.8, 4) is 0 Å². The number of benzene rings is 1. The molecule has 5 nitrogen and oxygen atoms in total. The number of ether oxygens (including phenoxy) is 1. The summed E-state index contributed by atoms with van der Waals surface area (Å²) in [6, 6.07) is 7.01. The fraction of sp³-hybridized carbons (Fsp3) is 0.273.